The summed E-state index contributed by atoms with van der Waals surface area (Å²) < 4.78 is 0. The molecule has 0 radical (unpaired) electrons. The molecule has 0 bridgehead atoms. The fraction of sp³-hybridized carbons (Fsp3) is 0.933. The number of nitrogens with one attached hydrogen (secondary N) is 1. The smallest absolute Gasteiger partial charge is 0.105 e. The second kappa shape index (κ2) is 7.23. The van der Waals surface area contributed by atoms with Gasteiger partial charge >= 0.3 is 0 Å². The van der Waals surface area contributed by atoms with Crippen molar-refractivity contribution in [2.24, 2.45) is 0 Å². The fourth-order valence-electron chi connectivity index (χ4n) is 3.31. The predicted octanol–water partition coefficient (Wildman–Crippen LogP) is 1.68. The van der Waals surface area contributed by atoms with E-state index in [4.69, 9.17) is 0 Å². The number of likely N-dealkylation sites (tertiary alicyclic amines) is 1. The van der Waals surface area contributed by atoms with E-state index in [-0.39, 0.29) is 0 Å². The van der Waals surface area contributed by atoms with Crippen LogP contribution >= 0.6 is 0 Å². The largest absolute Gasteiger partial charge is 0.308 e. The van der Waals surface area contributed by atoms with E-state index >= 15 is 0 Å². The van der Waals surface area contributed by atoms with E-state index in [1.54, 1.807) is 0 Å². The summed E-state index contributed by atoms with van der Waals surface area (Å²) in [5.74, 6) is 0. The van der Waals surface area contributed by atoms with E-state index in [0.717, 1.165) is 19.5 Å². The Hall–Kier alpha value is -0.630. The van der Waals surface area contributed by atoms with Crippen molar-refractivity contribution in [1.29, 1.82) is 5.26 Å². The Bertz CT molecular complexity index is 310. The molecule has 19 heavy (non-hydrogen) atoms. The van der Waals surface area contributed by atoms with Crippen LogP contribution in [0.1, 0.15) is 40.0 Å². The summed E-state index contributed by atoms with van der Waals surface area (Å²) >= 11 is 0. The molecule has 110 valence electrons. The first-order chi connectivity index (χ1) is 8.91. The van der Waals surface area contributed by atoms with Crippen molar-refractivity contribution in [3.05, 3.63) is 0 Å². The number of hydrogen-bond acceptors (Lipinski definition) is 4. The average Bonchev–Trinajstić information content (AvgIpc) is 2.76. The van der Waals surface area contributed by atoms with Gasteiger partial charge in [0.1, 0.15) is 5.54 Å². The summed E-state index contributed by atoms with van der Waals surface area (Å²) in [6.07, 6.45) is 3.46. The number of hydrogen-bond donors (Lipinski definition) is 1. The zero-order chi connectivity index (χ0) is 14.5. The van der Waals surface area contributed by atoms with Gasteiger partial charge in [0, 0.05) is 18.6 Å². The summed E-state index contributed by atoms with van der Waals surface area (Å²) in [4.78, 5) is 4.86. The maximum atomic E-state index is 9.38. The van der Waals surface area contributed by atoms with Crippen molar-refractivity contribution in [3.8, 4) is 6.07 Å². The molecular formula is C15H30N4. The molecule has 0 amide bonds. The highest BCUT2D eigenvalue weighted by Crippen LogP contribution is 2.25. The second-order valence-corrected chi connectivity index (χ2v) is 6.32. The molecule has 4 nitrogen and oxygen atoms in total. The average molecular weight is 266 g/mol. The Balaban J connectivity index is 2.61. The van der Waals surface area contributed by atoms with Crippen LogP contribution in [-0.2, 0) is 0 Å². The molecule has 1 aliphatic rings. The molecule has 1 heterocycles. The molecule has 0 saturated carbocycles. The summed E-state index contributed by atoms with van der Waals surface area (Å²) in [5, 5.41) is 12.7. The third kappa shape index (κ3) is 4.76. The first-order valence-electron chi connectivity index (χ1n) is 7.48. The first-order valence-corrected chi connectivity index (χ1v) is 7.48. The normalized spacial score (nSPS) is 25.2. The Morgan fingerprint density at radius 1 is 1.53 bits per heavy atom. The monoisotopic (exact) mass is 266 g/mol. The van der Waals surface area contributed by atoms with E-state index in [2.05, 4.69) is 49.1 Å². The van der Waals surface area contributed by atoms with Gasteiger partial charge in [-0.1, -0.05) is 6.92 Å². The van der Waals surface area contributed by atoms with Gasteiger partial charge in [-0.3, -0.25) is 10.2 Å². The Labute approximate surface area is 118 Å². The van der Waals surface area contributed by atoms with E-state index in [1.165, 1.54) is 19.4 Å². The van der Waals surface area contributed by atoms with E-state index in [0.29, 0.717) is 12.1 Å². The minimum atomic E-state index is -0.403. The molecule has 3 atom stereocenters. The van der Waals surface area contributed by atoms with Gasteiger partial charge in [0.15, 0.2) is 0 Å². The zero-order valence-electron chi connectivity index (χ0n) is 13.2. The summed E-state index contributed by atoms with van der Waals surface area (Å²) in [6.45, 7) is 9.48. The van der Waals surface area contributed by atoms with E-state index < -0.39 is 5.54 Å². The lowest BCUT2D eigenvalue weighted by atomic mass is 9.94. The van der Waals surface area contributed by atoms with Crippen molar-refractivity contribution in [2.75, 3.05) is 33.7 Å². The van der Waals surface area contributed by atoms with Gasteiger partial charge in [-0.15, -0.1) is 0 Å². The molecular weight excluding hydrogens is 236 g/mol. The van der Waals surface area contributed by atoms with Gasteiger partial charge in [-0.25, -0.2) is 0 Å². The number of nitriles is 1. The topological polar surface area (TPSA) is 42.3 Å². The number of rotatable bonds is 7. The number of likely N-dealkylation sites (N-methyl/N-ethyl adjacent to an activating group) is 1. The molecule has 1 N–H and O–H groups in total. The van der Waals surface area contributed by atoms with Crippen LogP contribution in [0.25, 0.3) is 0 Å². The van der Waals surface area contributed by atoms with Crippen LogP contribution in [0.3, 0.4) is 0 Å². The van der Waals surface area contributed by atoms with Crippen molar-refractivity contribution in [3.63, 3.8) is 0 Å². The van der Waals surface area contributed by atoms with Gasteiger partial charge < -0.3 is 4.90 Å². The lowest BCUT2D eigenvalue weighted by molar-refractivity contribution is 0.140. The highest BCUT2D eigenvalue weighted by molar-refractivity contribution is 5.05. The van der Waals surface area contributed by atoms with Crippen LogP contribution in [-0.4, -0.2) is 61.2 Å². The lowest BCUT2D eigenvalue weighted by Gasteiger charge is -2.36. The molecule has 1 saturated heterocycles. The molecule has 0 aromatic rings. The Morgan fingerprint density at radius 3 is 2.74 bits per heavy atom. The summed E-state index contributed by atoms with van der Waals surface area (Å²) in [7, 11) is 4.28. The molecule has 3 unspecified atom stereocenters. The maximum Gasteiger partial charge on any atom is 0.105 e. The zero-order valence-corrected chi connectivity index (χ0v) is 13.2. The predicted molar refractivity (Wildman–Crippen MR) is 80.1 cm³/mol. The molecule has 0 aromatic carbocycles. The summed E-state index contributed by atoms with van der Waals surface area (Å²) in [5.41, 5.74) is -0.403. The lowest BCUT2D eigenvalue weighted by Crippen LogP contribution is -2.49. The Morgan fingerprint density at radius 2 is 2.21 bits per heavy atom. The third-order valence-electron chi connectivity index (χ3n) is 4.08. The third-order valence-corrected chi connectivity index (χ3v) is 4.08. The fourth-order valence-corrected chi connectivity index (χ4v) is 3.31. The maximum absolute atomic E-state index is 9.38. The van der Waals surface area contributed by atoms with Crippen LogP contribution < -0.4 is 5.32 Å². The minimum absolute atomic E-state index is 0.403. The van der Waals surface area contributed by atoms with E-state index in [1.807, 2.05) is 6.92 Å². The van der Waals surface area contributed by atoms with Crippen LogP contribution in [0.4, 0.5) is 0 Å². The van der Waals surface area contributed by atoms with Crippen LogP contribution in [0, 0.1) is 11.3 Å². The summed E-state index contributed by atoms with van der Waals surface area (Å²) in [6, 6.07) is 3.54. The van der Waals surface area contributed by atoms with Crippen LogP contribution in [0.5, 0.6) is 0 Å². The standard InChI is InChI=1S/C15H30N4/c1-6-17-15(3,12-16)10-13(2)19-9-7-8-14(19)11-18(4)5/h13-14,17H,6-11H2,1-5H3. The number of nitrogens with zero attached hydrogens (tertiary/aromatic N) is 3. The molecule has 1 aliphatic heterocycles. The molecule has 1 fully saturated rings. The van der Waals surface area contributed by atoms with Gasteiger partial charge in [-0.05, 0) is 60.3 Å². The molecule has 0 spiro atoms. The molecule has 0 aliphatic carbocycles. The van der Waals surface area contributed by atoms with Gasteiger partial charge in [0.05, 0.1) is 6.07 Å². The van der Waals surface area contributed by atoms with Crippen molar-refractivity contribution >= 4 is 0 Å². The van der Waals surface area contributed by atoms with Crippen LogP contribution in [0.2, 0.25) is 0 Å². The van der Waals surface area contributed by atoms with Gasteiger partial charge in [0.25, 0.3) is 0 Å². The van der Waals surface area contributed by atoms with Crippen molar-refractivity contribution in [1.82, 2.24) is 15.1 Å². The Kier molecular flexibility index (Phi) is 6.25. The second-order valence-electron chi connectivity index (χ2n) is 6.32. The quantitative estimate of drug-likeness (QED) is 0.761. The highest BCUT2D eigenvalue weighted by Gasteiger charge is 2.33. The van der Waals surface area contributed by atoms with Gasteiger partial charge in [0.2, 0.25) is 0 Å². The van der Waals surface area contributed by atoms with Gasteiger partial charge in [-0.2, -0.15) is 5.26 Å². The van der Waals surface area contributed by atoms with Crippen molar-refractivity contribution < 1.29 is 0 Å². The minimum Gasteiger partial charge on any atom is -0.308 e. The SMILES string of the molecule is CCNC(C)(C#N)CC(C)N1CCCC1CN(C)C. The van der Waals surface area contributed by atoms with Crippen molar-refractivity contribution in [2.45, 2.75) is 57.7 Å². The molecule has 1 rings (SSSR count). The molecule has 4 heteroatoms. The van der Waals surface area contributed by atoms with Crippen LogP contribution in [0.15, 0.2) is 0 Å². The molecule has 0 aromatic heterocycles. The highest BCUT2D eigenvalue weighted by atomic mass is 15.2. The first kappa shape index (κ1) is 16.4. The van der Waals surface area contributed by atoms with E-state index in [9.17, 15) is 5.26 Å².